The van der Waals surface area contributed by atoms with Gasteiger partial charge in [0.2, 0.25) is 0 Å². The minimum atomic E-state index is -0.404. The topological polar surface area (TPSA) is 114 Å². The molecule has 31 heavy (non-hydrogen) atoms. The molecule has 156 valence electrons. The second kappa shape index (κ2) is 8.74. The molecule has 0 aliphatic heterocycles. The number of amides is 1. The van der Waals surface area contributed by atoms with E-state index in [0.29, 0.717) is 40.5 Å². The van der Waals surface area contributed by atoms with Gasteiger partial charge in [-0.2, -0.15) is 0 Å². The number of nitrogens with one attached hydrogen (secondary N) is 2. The molecule has 0 bridgehead atoms. The molecule has 1 atom stereocenters. The molecule has 4 rings (SSSR count). The molecule has 0 aliphatic carbocycles. The summed E-state index contributed by atoms with van der Waals surface area (Å²) in [4.78, 5) is 36.7. The van der Waals surface area contributed by atoms with Gasteiger partial charge in [-0.3, -0.25) is 14.6 Å². The van der Waals surface area contributed by atoms with E-state index in [-0.39, 0.29) is 11.5 Å². The Morgan fingerprint density at radius 1 is 1.16 bits per heavy atom. The Bertz CT molecular complexity index is 1230. The lowest BCUT2D eigenvalue weighted by molar-refractivity contribution is 0.0934. The quantitative estimate of drug-likeness (QED) is 0.500. The number of aromatic nitrogens is 4. The first kappa shape index (κ1) is 20.2. The maximum absolute atomic E-state index is 13.0. The molecule has 1 unspecified atom stereocenters. The third-order valence-corrected chi connectivity index (χ3v) is 4.91. The number of H-pyrrole nitrogens is 1. The normalized spacial score (nSPS) is 11.8. The third-order valence-electron chi connectivity index (χ3n) is 4.91. The smallest absolute Gasteiger partial charge is 0.257 e. The van der Waals surface area contributed by atoms with E-state index in [0.717, 1.165) is 5.56 Å². The second-order valence-electron chi connectivity index (χ2n) is 7.17. The van der Waals surface area contributed by atoms with Crippen LogP contribution in [0, 0.1) is 13.8 Å². The number of hydrogen-bond donors (Lipinski definition) is 2. The predicted molar refractivity (Wildman–Crippen MR) is 114 cm³/mol. The van der Waals surface area contributed by atoms with Crippen molar-refractivity contribution in [3.63, 3.8) is 0 Å². The van der Waals surface area contributed by atoms with Gasteiger partial charge in [0.1, 0.15) is 17.1 Å². The number of pyridine rings is 1. The SMILES string of the molecule is Cc1noc(C)c1C(=O)NC(Cc1cc(=O)[nH]c(-c2cccnc2)n1)c1ccccc1. The van der Waals surface area contributed by atoms with Crippen molar-refractivity contribution in [2.75, 3.05) is 0 Å². The third kappa shape index (κ3) is 4.58. The van der Waals surface area contributed by atoms with Crippen LogP contribution in [0.3, 0.4) is 0 Å². The molecule has 3 heterocycles. The van der Waals surface area contributed by atoms with Crippen molar-refractivity contribution in [3.8, 4) is 11.4 Å². The number of aromatic amines is 1. The van der Waals surface area contributed by atoms with Crippen LogP contribution in [0.4, 0.5) is 0 Å². The average Bonchev–Trinajstić information content (AvgIpc) is 3.12. The van der Waals surface area contributed by atoms with Gasteiger partial charge in [-0.05, 0) is 31.5 Å². The Kier molecular flexibility index (Phi) is 5.70. The lowest BCUT2D eigenvalue weighted by Gasteiger charge is -2.19. The summed E-state index contributed by atoms with van der Waals surface area (Å²) in [7, 11) is 0. The van der Waals surface area contributed by atoms with Crippen molar-refractivity contribution >= 4 is 5.91 Å². The van der Waals surface area contributed by atoms with E-state index in [4.69, 9.17) is 4.52 Å². The van der Waals surface area contributed by atoms with Gasteiger partial charge in [-0.25, -0.2) is 4.98 Å². The van der Waals surface area contributed by atoms with Crippen molar-refractivity contribution in [1.29, 1.82) is 0 Å². The second-order valence-corrected chi connectivity index (χ2v) is 7.17. The molecule has 0 spiro atoms. The summed E-state index contributed by atoms with van der Waals surface area (Å²) in [5.41, 5.74) is 2.82. The molecule has 0 saturated heterocycles. The summed E-state index contributed by atoms with van der Waals surface area (Å²) in [5, 5.41) is 6.90. The molecule has 0 radical (unpaired) electrons. The molecule has 0 aliphatic rings. The molecule has 1 aromatic carbocycles. The number of carbonyl (C=O) groups excluding carboxylic acids is 1. The molecule has 4 aromatic rings. The van der Waals surface area contributed by atoms with Gasteiger partial charge in [-0.15, -0.1) is 0 Å². The van der Waals surface area contributed by atoms with E-state index in [1.165, 1.54) is 6.07 Å². The van der Waals surface area contributed by atoms with Gasteiger partial charge in [-0.1, -0.05) is 35.5 Å². The number of rotatable bonds is 6. The maximum atomic E-state index is 13.0. The Hall–Kier alpha value is -4.07. The Morgan fingerprint density at radius 3 is 2.65 bits per heavy atom. The van der Waals surface area contributed by atoms with Crippen LogP contribution < -0.4 is 10.9 Å². The van der Waals surface area contributed by atoms with Crippen molar-refractivity contribution < 1.29 is 9.32 Å². The first-order valence-electron chi connectivity index (χ1n) is 9.80. The van der Waals surface area contributed by atoms with Gasteiger partial charge in [0.15, 0.2) is 0 Å². The van der Waals surface area contributed by atoms with Crippen molar-refractivity contribution in [3.05, 3.63) is 99.6 Å². The molecule has 0 fully saturated rings. The van der Waals surface area contributed by atoms with Gasteiger partial charge in [0, 0.05) is 30.4 Å². The zero-order valence-corrected chi connectivity index (χ0v) is 17.1. The summed E-state index contributed by atoms with van der Waals surface area (Å²) in [6.07, 6.45) is 3.62. The molecule has 2 N–H and O–H groups in total. The summed E-state index contributed by atoms with van der Waals surface area (Å²) in [6, 6.07) is 14.2. The number of benzene rings is 1. The largest absolute Gasteiger partial charge is 0.361 e. The predicted octanol–water partition coefficient (Wildman–Crippen LogP) is 3.15. The highest BCUT2D eigenvalue weighted by Gasteiger charge is 2.22. The Balaban J connectivity index is 1.67. The van der Waals surface area contributed by atoms with Crippen LogP contribution in [0.15, 0.2) is 70.2 Å². The number of hydrogen-bond acceptors (Lipinski definition) is 6. The van der Waals surface area contributed by atoms with Crippen molar-refractivity contribution in [2.24, 2.45) is 0 Å². The van der Waals surface area contributed by atoms with Crippen LogP contribution in [0.2, 0.25) is 0 Å². The monoisotopic (exact) mass is 415 g/mol. The van der Waals surface area contributed by atoms with Crippen LogP contribution in [0.25, 0.3) is 11.4 Å². The van der Waals surface area contributed by atoms with Gasteiger partial charge >= 0.3 is 0 Å². The highest BCUT2D eigenvalue weighted by Crippen LogP contribution is 2.21. The zero-order valence-electron chi connectivity index (χ0n) is 17.1. The number of nitrogens with zero attached hydrogens (tertiary/aromatic N) is 3. The minimum Gasteiger partial charge on any atom is -0.361 e. The van der Waals surface area contributed by atoms with Crippen molar-refractivity contribution in [2.45, 2.75) is 26.3 Å². The molecule has 1 amide bonds. The summed E-state index contributed by atoms with van der Waals surface area (Å²) >= 11 is 0. The zero-order chi connectivity index (χ0) is 21.8. The lowest BCUT2D eigenvalue weighted by Crippen LogP contribution is -2.31. The molecule has 3 aromatic heterocycles. The lowest BCUT2D eigenvalue weighted by atomic mass is 10.0. The molecular weight excluding hydrogens is 394 g/mol. The van der Waals surface area contributed by atoms with Crippen LogP contribution in [0.5, 0.6) is 0 Å². The first-order valence-corrected chi connectivity index (χ1v) is 9.80. The van der Waals surface area contributed by atoms with E-state index in [9.17, 15) is 9.59 Å². The van der Waals surface area contributed by atoms with Crippen LogP contribution in [-0.2, 0) is 6.42 Å². The van der Waals surface area contributed by atoms with Gasteiger partial charge < -0.3 is 14.8 Å². The van der Waals surface area contributed by atoms with E-state index in [1.54, 1.807) is 32.3 Å². The summed E-state index contributed by atoms with van der Waals surface area (Å²) in [6.45, 7) is 3.42. The Morgan fingerprint density at radius 2 is 1.97 bits per heavy atom. The summed E-state index contributed by atoms with van der Waals surface area (Å²) < 4.78 is 5.13. The summed E-state index contributed by atoms with van der Waals surface area (Å²) in [5.74, 6) is 0.594. The van der Waals surface area contributed by atoms with E-state index in [2.05, 4.69) is 25.4 Å². The molecule has 8 nitrogen and oxygen atoms in total. The Labute approximate surface area is 178 Å². The van der Waals surface area contributed by atoms with Crippen LogP contribution in [-0.4, -0.2) is 26.0 Å². The van der Waals surface area contributed by atoms with E-state index in [1.807, 2.05) is 36.4 Å². The minimum absolute atomic E-state index is 0.271. The van der Waals surface area contributed by atoms with E-state index < -0.39 is 6.04 Å². The fourth-order valence-electron chi connectivity index (χ4n) is 3.44. The first-order chi connectivity index (χ1) is 15.0. The average molecular weight is 415 g/mol. The highest BCUT2D eigenvalue weighted by atomic mass is 16.5. The maximum Gasteiger partial charge on any atom is 0.257 e. The standard InChI is InChI=1S/C23H21N5O3/c1-14-21(15(2)31-28-14)23(30)26-19(16-7-4-3-5-8-16)11-18-12-20(29)27-22(25-18)17-9-6-10-24-13-17/h3-10,12-13,19H,11H2,1-2H3,(H,26,30)(H,25,27,29). The molecular formula is C23H21N5O3. The molecule has 0 saturated carbocycles. The fraction of sp³-hybridized carbons (Fsp3) is 0.174. The van der Waals surface area contributed by atoms with Crippen molar-refractivity contribution in [1.82, 2.24) is 25.4 Å². The number of carbonyl (C=O) groups is 1. The highest BCUT2D eigenvalue weighted by molar-refractivity contribution is 5.96. The van der Waals surface area contributed by atoms with Gasteiger partial charge in [0.25, 0.3) is 11.5 Å². The van der Waals surface area contributed by atoms with Gasteiger partial charge in [0.05, 0.1) is 17.4 Å². The molecule has 8 heteroatoms. The van der Waals surface area contributed by atoms with E-state index >= 15 is 0 Å². The number of aryl methyl sites for hydroxylation is 2. The fourth-order valence-corrected chi connectivity index (χ4v) is 3.44. The van der Waals surface area contributed by atoms with Crippen LogP contribution in [0.1, 0.15) is 39.1 Å². The van der Waals surface area contributed by atoms with Crippen LogP contribution >= 0.6 is 0 Å².